The minimum Gasteiger partial charge on any atom is -0.296 e. The van der Waals surface area contributed by atoms with Gasteiger partial charge in [-0.15, -0.1) is 0 Å². The van der Waals surface area contributed by atoms with Crippen LogP contribution in [0.25, 0.3) is 0 Å². The third-order valence-corrected chi connectivity index (χ3v) is 2.06. The smallest absolute Gasteiger partial charge is 0.170 e. The lowest BCUT2D eigenvalue weighted by atomic mass is 10.1. The summed E-state index contributed by atoms with van der Waals surface area (Å²) in [5.74, 6) is 0. The monoisotopic (exact) mass is 194 g/mol. The van der Waals surface area contributed by atoms with Crippen LogP contribution < -0.4 is 0 Å². The van der Waals surface area contributed by atoms with Gasteiger partial charge in [0.25, 0.3) is 0 Å². The van der Waals surface area contributed by atoms with Gasteiger partial charge in [0.05, 0.1) is 5.54 Å². The van der Waals surface area contributed by atoms with Crippen molar-refractivity contribution in [3.05, 3.63) is 17.5 Å². The second-order valence-electron chi connectivity index (χ2n) is 4.51. The molecular formula is C11H18N2O. The Balaban J connectivity index is 3.12. The molecule has 0 aliphatic carbocycles. The average Bonchev–Trinajstić information content (AvgIpc) is 2.48. The van der Waals surface area contributed by atoms with Crippen molar-refractivity contribution in [2.75, 3.05) is 0 Å². The lowest BCUT2D eigenvalue weighted by Crippen LogP contribution is -2.25. The Morgan fingerprint density at radius 3 is 2.57 bits per heavy atom. The molecule has 0 saturated carbocycles. The van der Waals surface area contributed by atoms with Crippen LogP contribution in [0.3, 0.4) is 0 Å². The molecule has 0 radical (unpaired) electrons. The summed E-state index contributed by atoms with van der Waals surface area (Å²) in [6.45, 7) is 8.40. The Morgan fingerprint density at radius 2 is 2.14 bits per heavy atom. The Kier molecular flexibility index (Phi) is 3.09. The van der Waals surface area contributed by atoms with Crippen LogP contribution in [-0.4, -0.2) is 16.1 Å². The molecule has 1 rings (SSSR count). The van der Waals surface area contributed by atoms with Crippen molar-refractivity contribution in [2.24, 2.45) is 0 Å². The van der Waals surface area contributed by atoms with Crippen LogP contribution in [-0.2, 0) is 12.0 Å². The summed E-state index contributed by atoms with van der Waals surface area (Å²) in [6, 6.07) is 1.88. The highest BCUT2D eigenvalue weighted by Gasteiger charge is 2.18. The molecule has 0 aliphatic rings. The van der Waals surface area contributed by atoms with Crippen LogP contribution >= 0.6 is 0 Å². The molecule has 0 fully saturated rings. The summed E-state index contributed by atoms with van der Waals surface area (Å²) < 4.78 is 1.94. The fourth-order valence-corrected chi connectivity index (χ4v) is 1.51. The zero-order chi connectivity index (χ0) is 10.8. The maximum absolute atomic E-state index is 10.6. The third-order valence-electron chi connectivity index (χ3n) is 2.06. The number of rotatable bonds is 3. The number of hydrogen-bond donors (Lipinski definition) is 0. The Bertz CT molecular complexity index is 321. The van der Waals surface area contributed by atoms with Crippen molar-refractivity contribution >= 4 is 6.29 Å². The van der Waals surface area contributed by atoms with Crippen molar-refractivity contribution < 1.29 is 4.79 Å². The van der Waals surface area contributed by atoms with E-state index in [9.17, 15) is 4.79 Å². The third kappa shape index (κ3) is 2.22. The van der Waals surface area contributed by atoms with E-state index < -0.39 is 0 Å². The van der Waals surface area contributed by atoms with Crippen molar-refractivity contribution in [3.8, 4) is 0 Å². The first kappa shape index (κ1) is 11.0. The molecule has 14 heavy (non-hydrogen) atoms. The Labute approximate surface area is 85.1 Å². The molecule has 0 bridgehead atoms. The number of carbonyl (C=O) groups is 1. The highest BCUT2D eigenvalue weighted by molar-refractivity contribution is 5.71. The zero-order valence-electron chi connectivity index (χ0n) is 9.37. The first-order valence-electron chi connectivity index (χ1n) is 5.03. The maximum Gasteiger partial charge on any atom is 0.170 e. The first-order valence-corrected chi connectivity index (χ1v) is 5.03. The highest BCUT2D eigenvalue weighted by atomic mass is 16.1. The average molecular weight is 194 g/mol. The molecule has 1 heterocycles. The first-order chi connectivity index (χ1) is 6.49. The number of aldehydes is 1. The topological polar surface area (TPSA) is 34.9 Å². The van der Waals surface area contributed by atoms with Crippen LogP contribution in [0.15, 0.2) is 6.07 Å². The molecule has 0 atom stereocenters. The van der Waals surface area contributed by atoms with E-state index in [-0.39, 0.29) is 5.54 Å². The van der Waals surface area contributed by atoms with Gasteiger partial charge in [-0.3, -0.25) is 9.48 Å². The predicted molar refractivity (Wildman–Crippen MR) is 56.6 cm³/mol. The lowest BCUT2D eigenvalue weighted by molar-refractivity contribution is 0.111. The quantitative estimate of drug-likeness (QED) is 0.692. The Hall–Kier alpha value is -1.12. The van der Waals surface area contributed by atoms with Crippen LogP contribution in [0.4, 0.5) is 0 Å². The minimum absolute atomic E-state index is 0.0498. The van der Waals surface area contributed by atoms with Gasteiger partial charge >= 0.3 is 0 Å². The summed E-state index contributed by atoms with van der Waals surface area (Å²) in [7, 11) is 0. The van der Waals surface area contributed by atoms with E-state index >= 15 is 0 Å². The summed E-state index contributed by atoms with van der Waals surface area (Å²) in [5, 5.41) is 4.27. The minimum atomic E-state index is -0.0498. The van der Waals surface area contributed by atoms with E-state index in [1.165, 1.54) is 0 Å². The molecule has 1 aromatic heterocycles. The number of carbonyl (C=O) groups excluding carboxylic acids is 1. The molecular weight excluding hydrogens is 176 g/mol. The molecule has 0 N–H and O–H groups in total. The molecule has 0 unspecified atom stereocenters. The summed E-state index contributed by atoms with van der Waals surface area (Å²) in [5.41, 5.74) is 1.62. The second kappa shape index (κ2) is 3.95. The molecule has 78 valence electrons. The van der Waals surface area contributed by atoms with Crippen LogP contribution in [0.2, 0.25) is 0 Å². The van der Waals surface area contributed by atoms with Crippen molar-refractivity contribution in [1.82, 2.24) is 9.78 Å². The molecule has 3 heteroatoms. The molecule has 1 aromatic rings. The normalized spacial score (nSPS) is 11.7. The van der Waals surface area contributed by atoms with E-state index in [1.807, 2.05) is 10.7 Å². The van der Waals surface area contributed by atoms with E-state index in [2.05, 4.69) is 32.8 Å². The van der Waals surface area contributed by atoms with E-state index in [0.29, 0.717) is 5.69 Å². The molecule has 0 saturated heterocycles. The zero-order valence-corrected chi connectivity index (χ0v) is 9.37. The van der Waals surface area contributed by atoms with Crippen LogP contribution in [0, 0.1) is 0 Å². The molecule has 0 aromatic carbocycles. The van der Waals surface area contributed by atoms with Gasteiger partial charge in [-0.25, -0.2) is 0 Å². The van der Waals surface area contributed by atoms with Gasteiger partial charge in [0, 0.05) is 5.69 Å². The second-order valence-corrected chi connectivity index (χ2v) is 4.51. The lowest BCUT2D eigenvalue weighted by Gasteiger charge is -2.22. The highest BCUT2D eigenvalue weighted by Crippen LogP contribution is 2.17. The molecule has 0 aliphatic heterocycles. The molecule has 3 nitrogen and oxygen atoms in total. The maximum atomic E-state index is 10.6. The van der Waals surface area contributed by atoms with E-state index in [1.54, 1.807) is 0 Å². The van der Waals surface area contributed by atoms with Crippen molar-refractivity contribution in [3.63, 3.8) is 0 Å². The molecule has 0 amide bonds. The fourth-order valence-electron chi connectivity index (χ4n) is 1.51. The van der Waals surface area contributed by atoms with E-state index in [0.717, 1.165) is 24.8 Å². The van der Waals surface area contributed by atoms with Gasteiger partial charge in [-0.05, 0) is 33.3 Å². The van der Waals surface area contributed by atoms with Gasteiger partial charge in [0.2, 0.25) is 0 Å². The summed E-state index contributed by atoms with van der Waals surface area (Å²) >= 11 is 0. The fraction of sp³-hybridized carbons (Fsp3) is 0.636. The number of hydrogen-bond acceptors (Lipinski definition) is 2. The standard InChI is InChI=1S/C11H18N2O/c1-5-6-10-7-9(8-14)12-13(10)11(2,3)4/h7-8H,5-6H2,1-4H3. The van der Waals surface area contributed by atoms with Gasteiger partial charge in [-0.2, -0.15) is 5.10 Å². The van der Waals surface area contributed by atoms with Crippen LogP contribution in [0.1, 0.15) is 50.3 Å². The Morgan fingerprint density at radius 1 is 1.50 bits per heavy atom. The number of nitrogens with zero attached hydrogens (tertiary/aromatic N) is 2. The van der Waals surface area contributed by atoms with Crippen molar-refractivity contribution in [1.29, 1.82) is 0 Å². The van der Waals surface area contributed by atoms with Gasteiger partial charge in [-0.1, -0.05) is 13.3 Å². The number of aromatic nitrogens is 2. The summed E-state index contributed by atoms with van der Waals surface area (Å²) in [4.78, 5) is 10.6. The largest absolute Gasteiger partial charge is 0.296 e. The van der Waals surface area contributed by atoms with Crippen LogP contribution in [0.5, 0.6) is 0 Å². The summed E-state index contributed by atoms with van der Waals surface area (Å²) in [6.07, 6.45) is 2.85. The number of aryl methyl sites for hydroxylation is 1. The SMILES string of the molecule is CCCc1cc(C=O)nn1C(C)(C)C. The van der Waals surface area contributed by atoms with Gasteiger partial charge in [0.1, 0.15) is 5.69 Å². The van der Waals surface area contributed by atoms with E-state index in [4.69, 9.17) is 0 Å². The van der Waals surface area contributed by atoms with Gasteiger partial charge < -0.3 is 0 Å². The predicted octanol–water partition coefficient (Wildman–Crippen LogP) is 2.40. The van der Waals surface area contributed by atoms with Gasteiger partial charge in [0.15, 0.2) is 6.29 Å². The molecule has 0 spiro atoms. The van der Waals surface area contributed by atoms with Crippen molar-refractivity contribution in [2.45, 2.75) is 46.1 Å².